The van der Waals surface area contributed by atoms with E-state index in [9.17, 15) is 9.59 Å². The van der Waals surface area contributed by atoms with E-state index in [1.54, 1.807) is 4.90 Å². The van der Waals surface area contributed by atoms with Crippen LogP contribution < -0.4 is 0 Å². The second-order valence-electron chi connectivity index (χ2n) is 9.70. The Hall–Kier alpha value is -3.41. The van der Waals surface area contributed by atoms with E-state index in [-0.39, 0.29) is 31.0 Å². The molecular formula is C27H28N4O2. The third kappa shape index (κ3) is 3.54. The first-order chi connectivity index (χ1) is 16.0. The van der Waals surface area contributed by atoms with Crippen molar-refractivity contribution in [2.75, 3.05) is 13.1 Å². The molecule has 1 aliphatic heterocycles. The van der Waals surface area contributed by atoms with E-state index in [4.69, 9.17) is 9.97 Å². The van der Waals surface area contributed by atoms with E-state index < -0.39 is 0 Å². The molecule has 6 rings (SSSR count). The topological polar surface area (TPSA) is 76.1 Å². The van der Waals surface area contributed by atoms with Crippen LogP contribution in [0.25, 0.3) is 11.3 Å². The van der Waals surface area contributed by atoms with Crippen molar-refractivity contribution in [2.24, 2.45) is 0 Å². The molecule has 3 aromatic rings. The summed E-state index contributed by atoms with van der Waals surface area (Å²) in [4.78, 5) is 40.7. The van der Waals surface area contributed by atoms with Crippen LogP contribution in [0, 0.1) is 6.92 Å². The van der Waals surface area contributed by atoms with Gasteiger partial charge in [-0.15, -0.1) is 0 Å². The summed E-state index contributed by atoms with van der Waals surface area (Å²) >= 11 is 0. The number of likely N-dealkylation sites (tertiary alicyclic amines) is 1. The molecule has 1 unspecified atom stereocenters. The summed E-state index contributed by atoms with van der Waals surface area (Å²) < 4.78 is 0. The predicted molar refractivity (Wildman–Crippen MR) is 126 cm³/mol. The molecule has 1 spiro atoms. The van der Waals surface area contributed by atoms with Gasteiger partial charge >= 0.3 is 0 Å². The zero-order valence-electron chi connectivity index (χ0n) is 18.8. The van der Waals surface area contributed by atoms with Gasteiger partial charge in [0.2, 0.25) is 0 Å². The predicted octanol–water partition coefficient (Wildman–Crippen LogP) is 4.47. The van der Waals surface area contributed by atoms with Crippen molar-refractivity contribution in [2.45, 2.75) is 50.4 Å². The number of aromatic nitrogens is 3. The average Bonchev–Trinajstić information content (AvgIpc) is 3.55. The molecule has 168 valence electrons. The van der Waals surface area contributed by atoms with Crippen LogP contribution in [0.4, 0.5) is 0 Å². The van der Waals surface area contributed by atoms with Gasteiger partial charge in [0.1, 0.15) is 5.82 Å². The fourth-order valence-electron chi connectivity index (χ4n) is 5.48. The summed E-state index contributed by atoms with van der Waals surface area (Å²) in [6, 6.07) is 12.0. The standard InChI is InChI=1S/C27H26N4O2.H2/c1-17-4-2-6-24(30-17)19-14-28-25(29-15-19)22-13-27(9-10-27)23-8-7-18(12-21(22)23)26(33)31-11-3-5-20(32)16-31;/h2,4,6-8,12,14-15,22H,3,5,9-11,13,16H2,1H3;1H. The van der Waals surface area contributed by atoms with Gasteiger partial charge in [-0.05, 0) is 73.4 Å². The second-order valence-corrected chi connectivity index (χ2v) is 9.70. The lowest BCUT2D eigenvalue weighted by atomic mass is 9.96. The number of carbonyl (C=O) groups excluding carboxylic acids is 2. The minimum absolute atomic E-state index is 0. The number of fused-ring (bicyclic) bond motifs is 2. The number of hydrogen-bond acceptors (Lipinski definition) is 5. The van der Waals surface area contributed by atoms with E-state index in [0.717, 1.165) is 35.6 Å². The molecule has 6 nitrogen and oxygen atoms in total. The lowest BCUT2D eigenvalue weighted by molar-refractivity contribution is -0.121. The van der Waals surface area contributed by atoms with E-state index in [1.807, 2.05) is 49.6 Å². The molecule has 0 bridgehead atoms. The maximum atomic E-state index is 13.1. The lowest BCUT2D eigenvalue weighted by Gasteiger charge is -2.26. The Morgan fingerprint density at radius 1 is 1.15 bits per heavy atom. The summed E-state index contributed by atoms with van der Waals surface area (Å²) in [5, 5.41) is 0. The van der Waals surface area contributed by atoms with Crippen LogP contribution in [-0.4, -0.2) is 44.6 Å². The van der Waals surface area contributed by atoms with Crippen LogP contribution in [0.2, 0.25) is 0 Å². The maximum Gasteiger partial charge on any atom is 0.254 e. The summed E-state index contributed by atoms with van der Waals surface area (Å²) in [6.07, 6.45) is 8.38. The summed E-state index contributed by atoms with van der Waals surface area (Å²) in [6.45, 7) is 2.84. The Morgan fingerprint density at radius 3 is 2.70 bits per heavy atom. The minimum Gasteiger partial charge on any atom is -0.331 e. The molecule has 33 heavy (non-hydrogen) atoms. The SMILES string of the molecule is Cc1cccc(-c2cnc(C3CC4(CC4)c4ccc(C(=O)N5CCCC(=O)C5)cc43)nc2)n1.[HH]. The zero-order valence-corrected chi connectivity index (χ0v) is 18.8. The number of aryl methyl sites for hydroxylation is 1. The van der Waals surface area contributed by atoms with Gasteiger partial charge in [-0.1, -0.05) is 12.1 Å². The molecule has 1 saturated heterocycles. The van der Waals surface area contributed by atoms with E-state index in [0.29, 0.717) is 18.5 Å². The lowest BCUT2D eigenvalue weighted by Crippen LogP contribution is -2.40. The molecular weight excluding hydrogens is 412 g/mol. The normalized spacial score (nSPS) is 20.7. The number of hydrogen-bond donors (Lipinski definition) is 0. The van der Waals surface area contributed by atoms with Crippen molar-refractivity contribution < 1.29 is 11.0 Å². The summed E-state index contributed by atoms with van der Waals surface area (Å²) in [5.41, 5.74) is 6.12. The molecule has 1 amide bonds. The first-order valence-electron chi connectivity index (χ1n) is 11.7. The molecule has 3 aliphatic rings. The van der Waals surface area contributed by atoms with E-state index in [2.05, 4.69) is 11.1 Å². The minimum atomic E-state index is -0.0527. The van der Waals surface area contributed by atoms with Crippen LogP contribution in [0.5, 0.6) is 0 Å². The number of pyridine rings is 1. The number of benzene rings is 1. The van der Waals surface area contributed by atoms with Crippen LogP contribution in [-0.2, 0) is 10.2 Å². The summed E-state index contributed by atoms with van der Waals surface area (Å²) in [7, 11) is 0. The summed E-state index contributed by atoms with van der Waals surface area (Å²) in [5.74, 6) is 0.970. The largest absolute Gasteiger partial charge is 0.331 e. The van der Waals surface area contributed by atoms with Crippen molar-refractivity contribution in [3.63, 3.8) is 0 Å². The molecule has 1 aromatic carbocycles. The monoisotopic (exact) mass is 440 g/mol. The zero-order chi connectivity index (χ0) is 22.6. The van der Waals surface area contributed by atoms with Crippen molar-refractivity contribution in [1.82, 2.24) is 19.9 Å². The van der Waals surface area contributed by atoms with Gasteiger partial charge in [0.05, 0.1) is 12.2 Å². The Balaban J connectivity index is 0.00000241. The highest BCUT2D eigenvalue weighted by molar-refractivity contribution is 5.97. The molecule has 1 saturated carbocycles. The molecule has 6 heteroatoms. The van der Waals surface area contributed by atoms with Gasteiger partial charge < -0.3 is 4.90 Å². The van der Waals surface area contributed by atoms with Crippen LogP contribution in [0.15, 0.2) is 48.8 Å². The first kappa shape index (κ1) is 20.2. The molecule has 2 fully saturated rings. The number of Topliss-reactive ketones (excluding diaryl/α,β-unsaturated/α-hetero) is 1. The van der Waals surface area contributed by atoms with Crippen LogP contribution in [0.3, 0.4) is 0 Å². The van der Waals surface area contributed by atoms with Gasteiger partial charge in [-0.3, -0.25) is 14.6 Å². The van der Waals surface area contributed by atoms with Gasteiger partial charge in [-0.25, -0.2) is 9.97 Å². The third-order valence-electron chi connectivity index (χ3n) is 7.40. The quantitative estimate of drug-likeness (QED) is 0.601. The molecule has 1 atom stereocenters. The van der Waals surface area contributed by atoms with E-state index in [1.165, 1.54) is 24.0 Å². The Morgan fingerprint density at radius 2 is 1.97 bits per heavy atom. The maximum absolute atomic E-state index is 13.1. The third-order valence-corrected chi connectivity index (χ3v) is 7.40. The fourth-order valence-corrected chi connectivity index (χ4v) is 5.48. The first-order valence-corrected chi connectivity index (χ1v) is 11.7. The number of carbonyl (C=O) groups is 2. The van der Waals surface area contributed by atoms with Crippen molar-refractivity contribution in [3.05, 3.63) is 77.0 Å². The molecule has 3 heterocycles. The fraction of sp³-hybridized carbons (Fsp3) is 0.370. The number of piperidine rings is 1. The molecule has 0 N–H and O–H groups in total. The van der Waals surface area contributed by atoms with Gasteiger partial charge in [0.15, 0.2) is 5.78 Å². The highest BCUT2D eigenvalue weighted by Gasteiger charge is 2.53. The number of ketones is 1. The van der Waals surface area contributed by atoms with E-state index >= 15 is 0 Å². The molecule has 2 aliphatic carbocycles. The Kier molecular flexibility index (Phi) is 4.64. The Bertz CT molecular complexity index is 1270. The Labute approximate surface area is 194 Å². The highest BCUT2D eigenvalue weighted by Crippen LogP contribution is 2.61. The average molecular weight is 441 g/mol. The van der Waals surface area contributed by atoms with Crippen molar-refractivity contribution >= 4 is 11.7 Å². The van der Waals surface area contributed by atoms with Crippen molar-refractivity contribution in [1.29, 1.82) is 0 Å². The van der Waals surface area contributed by atoms with Crippen LogP contribution in [0.1, 0.15) is 72.5 Å². The highest BCUT2D eigenvalue weighted by atomic mass is 16.2. The van der Waals surface area contributed by atoms with Gasteiger partial charge in [0.25, 0.3) is 5.91 Å². The van der Waals surface area contributed by atoms with Crippen molar-refractivity contribution in [3.8, 4) is 11.3 Å². The number of amides is 1. The number of nitrogens with zero attached hydrogens (tertiary/aromatic N) is 4. The number of rotatable bonds is 3. The van der Waals surface area contributed by atoms with Gasteiger partial charge in [-0.2, -0.15) is 0 Å². The van der Waals surface area contributed by atoms with Crippen LogP contribution >= 0.6 is 0 Å². The van der Waals surface area contributed by atoms with Gasteiger partial charge in [0, 0.05) is 49.5 Å². The second kappa shape index (κ2) is 7.58. The smallest absolute Gasteiger partial charge is 0.254 e. The molecule has 0 radical (unpaired) electrons. The molecule has 2 aromatic heterocycles.